The van der Waals surface area contributed by atoms with Gasteiger partial charge in [-0.15, -0.1) is 0 Å². The number of hydrogen-bond acceptors (Lipinski definition) is 5. The molecule has 0 bridgehead atoms. The van der Waals surface area contributed by atoms with Crippen molar-refractivity contribution in [3.8, 4) is 0 Å². The van der Waals surface area contributed by atoms with Crippen LogP contribution in [0.25, 0.3) is 0 Å². The van der Waals surface area contributed by atoms with Gasteiger partial charge in [0.1, 0.15) is 17.7 Å². The molecule has 0 aliphatic heterocycles. The average molecular weight is 419 g/mol. The van der Waals surface area contributed by atoms with Gasteiger partial charge in [-0.1, -0.05) is 18.2 Å². The number of rotatable bonds is 9. The topological polar surface area (TPSA) is 98.7 Å². The Morgan fingerprint density at radius 2 is 1.70 bits per heavy atom. The van der Waals surface area contributed by atoms with E-state index in [2.05, 4.69) is 10.6 Å². The Morgan fingerprint density at radius 1 is 1.07 bits per heavy atom. The van der Waals surface area contributed by atoms with Gasteiger partial charge in [0.05, 0.1) is 25.3 Å². The molecule has 0 aliphatic rings. The first-order valence-corrected chi connectivity index (χ1v) is 9.29. The van der Waals surface area contributed by atoms with Crippen LogP contribution >= 0.6 is 0 Å². The van der Waals surface area contributed by atoms with Gasteiger partial charge in [0.15, 0.2) is 0 Å². The number of aliphatic hydroxyl groups excluding tert-OH is 1. The van der Waals surface area contributed by atoms with E-state index in [0.717, 1.165) is 17.0 Å². The summed E-state index contributed by atoms with van der Waals surface area (Å²) in [6.07, 6.45) is -0.330. The molecule has 1 atom stereocenters. The summed E-state index contributed by atoms with van der Waals surface area (Å²) in [6.45, 7) is 1.24. The molecule has 0 aliphatic carbocycles. The average Bonchev–Trinajstić information content (AvgIpc) is 2.68. The van der Waals surface area contributed by atoms with E-state index in [9.17, 15) is 23.2 Å². The van der Waals surface area contributed by atoms with Crippen molar-refractivity contribution in [2.24, 2.45) is 0 Å². The van der Waals surface area contributed by atoms with Gasteiger partial charge in [-0.05, 0) is 36.8 Å². The highest BCUT2D eigenvalue weighted by Gasteiger charge is 2.28. The van der Waals surface area contributed by atoms with Crippen LogP contribution in [-0.4, -0.2) is 48.6 Å². The van der Waals surface area contributed by atoms with Gasteiger partial charge in [-0.25, -0.2) is 13.7 Å². The lowest BCUT2D eigenvalue weighted by molar-refractivity contribution is -0.130. The van der Waals surface area contributed by atoms with Crippen LogP contribution in [0.2, 0.25) is 0 Å². The summed E-state index contributed by atoms with van der Waals surface area (Å²) in [5, 5.41) is 14.0. The van der Waals surface area contributed by atoms with E-state index < -0.39 is 35.4 Å². The molecule has 0 heterocycles. The number of anilines is 1. The number of nitrogens with one attached hydrogen (secondary N) is 2. The van der Waals surface area contributed by atoms with Gasteiger partial charge in [-0.3, -0.25) is 14.4 Å². The van der Waals surface area contributed by atoms with Crippen molar-refractivity contribution in [1.29, 1.82) is 0 Å². The van der Waals surface area contributed by atoms with Crippen molar-refractivity contribution in [3.05, 3.63) is 65.7 Å². The Kier molecular flexibility index (Phi) is 8.57. The van der Waals surface area contributed by atoms with Crippen molar-refractivity contribution >= 4 is 23.4 Å². The van der Waals surface area contributed by atoms with Crippen LogP contribution in [0.5, 0.6) is 0 Å². The summed E-state index contributed by atoms with van der Waals surface area (Å²) >= 11 is 0. The molecular formula is C21H23F2N3O4. The third-order valence-corrected chi connectivity index (χ3v) is 4.08. The molecule has 2 aromatic rings. The molecule has 0 spiro atoms. The van der Waals surface area contributed by atoms with Crippen molar-refractivity contribution in [2.75, 3.05) is 24.6 Å². The molecule has 9 heteroatoms. The largest absolute Gasteiger partial charge is 0.395 e. The molecule has 30 heavy (non-hydrogen) atoms. The van der Waals surface area contributed by atoms with Crippen LogP contribution in [-0.2, 0) is 20.8 Å². The third-order valence-electron chi connectivity index (χ3n) is 4.08. The molecule has 3 N–H and O–H groups in total. The summed E-state index contributed by atoms with van der Waals surface area (Å²) in [6, 6.07) is 9.88. The Bertz CT molecular complexity index is 873. The second-order valence-electron chi connectivity index (χ2n) is 6.55. The predicted octanol–water partition coefficient (Wildman–Crippen LogP) is 1.15. The summed E-state index contributed by atoms with van der Waals surface area (Å²) in [5.41, 5.74) is 0.445. The van der Waals surface area contributed by atoms with Gasteiger partial charge in [0, 0.05) is 12.6 Å². The van der Waals surface area contributed by atoms with Gasteiger partial charge < -0.3 is 15.7 Å². The zero-order valence-corrected chi connectivity index (χ0v) is 16.4. The van der Waals surface area contributed by atoms with E-state index in [1.54, 1.807) is 30.3 Å². The van der Waals surface area contributed by atoms with Gasteiger partial charge >= 0.3 is 0 Å². The SMILES string of the molecule is C[C@H](NC(=O)Cc1cc(F)cc(F)c1)C(=O)N(C(=O)CNCCO)c1ccccc1. The normalized spacial score (nSPS) is 11.6. The fourth-order valence-corrected chi connectivity index (χ4v) is 2.77. The maximum atomic E-state index is 13.3. The maximum absolute atomic E-state index is 13.3. The summed E-state index contributed by atoms with van der Waals surface area (Å²) in [5.74, 6) is -3.47. The molecule has 7 nitrogen and oxygen atoms in total. The van der Waals surface area contributed by atoms with Crippen molar-refractivity contribution in [1.82, 2.24) is 10.6 Å². The van der Waals surface area contributed by atoms with Crippen LogP contribution in [0.4, 0.5) is 14.5 Å². The Balaban J connectivity index is 2.10. The van der Waals surface area contributed by atoms with E-state index in [1.807, 2.05) is 0 Å². The zero-order chi connectivity index (χ0) is 22.1. The number of carbonyl (C=O) groups is 3. The lowest BCUT2D eigenvalue weighted by atomic mass is 10.1. The molecule has 0 unspecified atom stereocenters. The standard InChI is InChI=1S/C21H23F2N3O4/c1-14(25-19(28)11-15-9-16(22)12-17(23)10-15)21(30)26(18-5-3-2-4-6-18)20(29)13-24-7-8-27/h2-6,9-10,12,14,24,27H,7-8,11,13H2,1H3,(H,25,28)/t14-/m0/s1. The van der Waals surface area contributed by atoms with E-state index in [0.29, 0.717) is 11.8 Å². The predicted molar refractivity (Wildman–Crippen MR) is 107 cm³/mol. The zero-order valence-electron chi connectivity index (χ0n) is 16.4. The first-order valence-electron chi connectivity index (χ1n) is 9.29. The first-order chi connectivity index (χ1) is 14.3. The van der Waals surface area contributed by atoms with Crippen molar-refractivity contribution in [2.45, 2.75) is 19.4 Å². The highest BCUT2D eigenvalue weighted by Crippen LogP contribution is 2.15. The minimum atomic E-state index is -1.07. The lowest BCUT2D eigenvalue weighted by Gasteiger charge is -2.25. The van der Waals surface area contributed by atoms with Crippen LogP contribution in [0.3, 0.4) is 0 Å². The van der Waals surface area contributed by atoms with Crippen LogP contribution in [0.15, 0.2) is 48.5 Å². The van der Waals surface area contributed by atoms with Crippen LogP contribution in [0, 0.1) is 11.6 Å². The second kappa shape index (κ2) is 11.1. The van der Waals surface area contributed by atoms with E-state index >= 15 is 0 Å². The fraction of sp³-hybridized carbons (Fsp3) is 0.286. The molecule has 0 saturated heterocycles. The monoisotopic (exact) mass is 419 g/mol. The van der Waals surface area contributed by atoms with Crippen LogP contribution < -0.4 is 15.5 Å². The minimum absolute atomic E-state index is 0.119. The number of benzene rings is 2. The molecule has 2 rings (SSSR count). The molecule has 2 aromatic carbocycles. The maximum Gasteiger partial charge on any atom is 0.256 e. The Hall–Kier alpha value is -3.17. The van der Waals surface area contributed by atoms with Gasteiger partial charge in [0.2, 0.25) is 11.8 Å². The number of hydrogen-bond donors (Lipinski definition) is 3. The lowest BCUT2D eigenvalue weighted by Crippen LogP contribution is -2.51. The number of aliphatic hydroxyl groups is 1. The number of halogens is 2. The van der Waals surface area contributed by atoms with E-state index in [4.69, 9.17) is 5.11 Å². The summed E-state index contributed by atoms with van der Waals surface area (Å²) in [4.78, 5) is 38.7. The molecular weight excluding hydrogens is 396 g/mol. The first kappa shape index (κ1) is 23.1. The molecule has 3 amide bonds. The van der Waals surface area contributed by atoms with Crippen molar-refractivity contribution in [3.63, 3.8) is 0 Å². The number of amides is 3. The molecule has 0 aromatic heterocycles. The summed E-state index contributed by atoms with van der Waals surface area (Å²) in [7, 11) is 0. The highest BCUT2D eigenvalue weighted by molar-refractivity contribution is 6.17. The highest BCUT2D eigenvalue weighted by atomic mass is 19.1. The molecule has 0 fully saturated rings. The van der Waals surface area contributed by atoms with Gasteiger partial charge in [0.25, 0.3) is 5.91 Å². The van der Waals surface area contributed by atoms with Crippen molar-refractivity contribution < 1.29 is 28.3 Å². The number of nitrogens with zero attached hydrogens (tertiary/aromatic N) is 1. The quantitative estimate of drug-likeness (QED) is 0.530. The molecule has 0 radical (unpaired) electrons. The fourth-order valence-electron chi connectivity index (χ4n) is 2.77. The third kappa shape index (κ3) is 6.71. The minimum Gasteiger partial charge on any atom is -0.395 e. The second-order valence-corrected chi connectivity index (χ2v) is 6.55. The Labute approximate surface area is 172 Å². The van der Waals surface area contributed by atoms with Crippen LogP contribution in [0.1, 0.15) is 12.5 Å². The Morgan fingerprint density at radius 3 is 2.30 bits per heavy atom. The molecule has 0 saturated carbocycles. The molecule has 160 valence electrons. The van der Waals surface area contributed by atoms with Gasteiger partial charge in [-0.2, -0.15) is 0 Å². The van der Waals surface area contributed by atoms with E-state index in [-0.39, 0.29) is 31.7 Å². The smallest absolute Gasteiger partial charge is 0.256 e. The summed E-state index contributed by atoms with van der Waals surface area (Å²) < 4.78 is 26.6. The number of carbonyl (C=O) groups excluding carboxylic acids is 3. The van der Waals surface area contributed by atoms with E-state index in [1.165, 1.54) is 6.92 Å². The number of imide groups is 1. The number of para-hydroxylation sites is 1.